The normalized spacial score (nSPS) is 17.9. The van der Waals surface area contributed by atoms with Gasteiger partial charge in [-0.1, -0.05) is 6.07 Å². The molecule has 7 nitrogen and oxygen atoms in total. The molecular weight excluding hydrogens is 382 g/mol. The summed E-state index contributed by atoms with van der Waals surface area (Å²) < 4.78 is 0. The lowest BCUT2D eigenvalue weighted by molar-refractivity contribution is -0.144. The Labute approximate surface area is 172 Å². The van der Waals surface area contributed by atoms with Crippen LogP contribution in [-0.4, -0.2) is 64.9 Å². The zero-order chi connectivity index (χ0) is 20.0. The second-order valence-electron chi connectivity index (χ2n) is 6.90. The standard InChI is InChI=1S/C20H29N3O4.ClH/c1-4-22(5-2)19(25)15-8-6-10-17(12-15)21-18(24)14(3)23-11-7-9-16(13-23)20(26)27;/h6,8,10,12,14,16H,4-5,7,9,11,13H2,1-3H3,(H,21,24)(H,26,27);1H. The second kappa shape index (κ2) is 11.0. The van der Waals surface area contributed by atoms with Gasteiger partial charge >= 0.3 is 5.97 Å². The van der Waals surface area contributed by atoms with E-state index in [0.29, 0.717) is 43.9 Å². The van der Waals surface area contributed by atoms with Crippen molar-refractivity contribution in [2.24, 2.45) is 5.92 Å². The summed E-state index contributed by atoms with van der Waals surface area (Å²) in [4.78, 5) is 40.0. The lowest BCUT2D eigenvalue weighted by Crippen LogP contribution is -2.48. The molecular formula is C20H30ClN3O4. The van der Waals surface area contributed by atoms with Gasteiger partial charge in [0.1, 0.15) is 0 Å². The number of aliphatic carboxylic acids is 1. The monoisotopic (exact) mass is 411 g/mol. The van der Waals surface area contributed by atoms with Gasteiger partial charge in [-0.3, -0.25) is 19.3 Å². The number of nitrogens with one attached hydrogen (secondary N) is 1. The van der Waals surface area contributed by atoms with E-state index in [2.05, 4.69) is 5.32 Å². The lowest BCUT2D eigenvalue weighted by atomic mass is 9.97. The Morgan fingerprint density at radius 3 is 2.57 bits per heavy atom. The van der Waals surface area contributed by atoms with Gasteiger partial charge in [0.2, 0.25) is 5.91 Å². The molecule has 0 aliphatic carbocycles. The first-order valence-corrected chi connectivity index (χ1v) is 9.54. The molecule has 2 atom stereocenters. The van der Waals surface area contributed by atoms with Crippen LogP contribution in [0.2, 0.25) is 0 Å². The highest BCUT2D eigenvalue weighted by molar-refractivity contribution is 5.98. The molecule has 0 radical (unpaired) electrons. The minimum absolute atomic E-state index is 0. The van der Waals surface area contributed by atoms with Gasteiger partial charge in [-0.25, -0.2) is 0 Å². The maximum absolute atomic E-state index is 12.6. The first-order valence-electron chi connectivity index (χ1n) is 9.54. The Balaban J connectivity index is 0.00000392. The fraction of sp³-hybridized carbons (Fsp3) is 0.550. The van der Waals surface area contributed by atoms with Gasteiger partial charge in [0, 0.05) is 30.9 Å². The molecule has 1 aromatic rings. The molecule has 1 heterocycles. The van der Waals surface area contributed by atoms with E-state index >= 15 is 0 Å². The number of nitrogens with zero attached hydrogens (tertiary/aromatic N) is 2. The minimum Gasteiger partial charge on any atom is -0.481 e. The topological polar surface area (TPSA) is 90.0 Å². The maximum atomic E-state index is 12.6. The van der Waals surface area contributed by atoms with Crippen molar-refractivity contribution in [2.45, 2.75) is 39.7 Å². The third-order valence-corrected chi connectivity index (χ3v) is 5.16. The van der Waals surface area contributed by atoms with Gasteiger partial charge < -0.3 is 15.3 Å². The number of rotatable bonds is 7. The first kappa shape index (κ1) is 23.9. The molecule has 0 spiro atoms. The van der Waals surface area contributed by atoms with Crippen LogP contribution < -0.4 is 5.32 Å². The van der Waals surface area contributed by atoms with Crippen molar-refractivity contribution in [2.75, 3.05) is 31.5 Å². The molecule has 0 bridgehead atoms. The van der Waals surface area contributed by atoms with E-state index in [9.17, 15) is 19.5 Å². The quantitative estimate of drug-likeness (QED) is 0.720. The van der Waals surface area contributed by atoms with Crippen molar-refractivity contribution >= 4 is 35.9 Å². The van der Waals surface area contributed by atoms with Crippen molar-refractivity contribution in [3.8, 4) is 0 Å². The molecule has 8 heteroatoms. The zero-order valence-electron chi connectivity index (χ0n) is 16.7. The molecule has 2 amide bonds. The van der Waals surface area contributed by atoms with Gasteiger partial charge in [0.15, 0.2) is 0 Å². The van der Waals surface area contributed by atoms with E-state index < -0.39 is 17.9 Å². The van der Waals surface area contributed by atoms with E-state index in [1.807, 2.05) is 18.7 Å². The van der Waals surface area contributed by atoms with Crippen molar-refractivity contribution in [3.05, 3.63) is 29.8 Å². The molecule has 28 heavy (non-hydrogen) atoms. The zero-order valence-corrected chi connectivity index (χ0v) is 17.5. The van der Waals surface area contributed by atoms with Crippen LogP contribution in [0, 0.1) is 5.92 Å². The molecule has 0 saturated carbocycles. The number of carbonyl (C=O) groups excluding carboxylic acids is 2. The van der Waals surface area contributed by atoms with E-state index in [1.54, 1.807) is 36.1 Å². The number of hydrogen-bond donors (Lipinski definition) is 2. The summed E-state index contributed by atoms with van der Waals surface area (Å²) in [6.45, 7) is 7.98. The number of hydrogen-bond acceptors (Lipinski definition) is 4. The predicted octanol–water partition coefficient (Wildman–Crippen LogP) is 2.71. The summed E-state index contributed by atoms with van der Waals surface area (Å²) in [5.74, 6) is -1.50. The Bertz CT molecular complexity index is 694. The van der Waals surface area contributed by atoms with E-state index in [-0.39, 0.29) is 24.2 Å². The smallest absolute Gasteiger partial charge is 0.307 e. The largest absolute Gasteiger partial charge is 0.481 e. The lowest BCUT2D eigenvalue weighted by Gasteiger charge is -2.34. The van der Waals surface area contributed by atoms with Gasteiger partial charge in [-0.15, -0.1) is 12.4 Å². The molecule has 1 aliphatic heterocycles. The molecule has 2 unspecified atom stereocenters. The highest BCUT2D eigenvalue weighted by Crippen LogP contribution is 2.20. The second-order valence-corrected chi connectivity index (χ2v) is 6.90. The van der Waals surface area contributed by atoms with E-state index in [4.69, 9.17) is 0 Å². The highest BCUT2D eigenvalue weighted by atomic mass is 35.5. The molecule has 1 aromatic carbocycles. The molecule has 2 N–H and O–H groups in total. The molecule has 2 rings (SSSR count). The summed E-state index contributed by atoms with van der Waals surface area (Å²) in [6, 6.07) is 6.48. The Hall–Kier alpha value is -2.12. The van der Waals surface area contributed by atoms with Crippen molar-refractivity contribution < 1.29 is 19.5 Å². The number of carbonyl (C=O) groups is 3. The number of carboxylic acid groups (broad SMARTS) is 1. The number of carboxylic acids is 1. The van der Waals surface area contributed by atoms with Crippen molar-refractivity contribution in [1.29, 1.82) is 0 Å². The van der Waals surface area contributed by atoms with Crippen LogP contribution in [0.15, 0.2) is 24.3 Å². The van der Waals surface area contributed by atoms with Crippen molar-refractivity contribution in [3.63, 3.8) is 0 Å². The Morgan fingerprint density at radius 1 is 1.29 bits per heavy atom. The van der Waals surface area contributed by atoms with Crippen LogP contribution in [0.5, 0.6) is 0 Å². The van der Waals surface area contributed by atoms with Gasteiger partial charge in [-0.2, -0.15) is 0 Å². The number of amides is 2. The average Bonchev–Trinajstić information content (AvgIpc) is 2.68. The summed E-state index contributed by atoms with van der Waals surface area (Å²) in [6.07, 6.45) is 1.41. The first-order chi connectivity index (χ1) is 12.9. The van der Waals surface area contributed by atoms with Crippen LogP contribution in [0.1, 0.15) is 44.0 Å². The molecule has 156 valence electrons. The van der Waals surface area contributed by atoms with E-state index in [0.717, 1.165) is 6.42 Å². The Morgan fingerprint density at radius 2 is 1.96 bits per heavy atom. The van der Waals surface area contributed by atoms with Crippen LogP contribution >= 0.6 is 12.4 Å². The van der Waals surface area contributed by atoms with Crippen LogP contribution in [-0.2, 0) is 9.59 Å². The summed E-state index contributed by atoms with van der Waals surface area (Å²) in [7, 11) is 0. The third-order valence-electron chi connectivity index (χ3n) is 5.16. The van der Waals surface area contributed by atoms with Gasteiger partial charge in [0.05, 0.1) is 12.0 Å². The fourth-order valence-corrected chi connectivity index (χ4v) is 3.40. The molecule has 0 aromatic heterocycles. The molecule has 1 fully saturated rings. The number of piperidine rings is 1. The number of anilines is 1. The predicted molar refractivity (Wildman–Crippen MR) is 111 cm³/mol. The fourth-order valence-electron chi connectivity index (χ4n) is 3.40. The average molecular weight is 412 g/mol. The van der Waals surface area contributed by atoms with Gasteiger partial charge in [-0.05, 0) is 58.4 Å². The third kappa shape index (κ3) is 5.94. The Kier molecular flexibility index (Phi) is 9.41. The number of benzene rings is 1. The summed E-state index contributed by atoms with van der Waals surface area (Å²) >= 11 is 0. The summed E-state index contributed by atoms with van der Waals surface area (Å²) in [5.41, 5.74) is 1.10. The SMILES string of the molecule is CCN(CC)C(=O)c1cccc(NC(=O)C(C)N2CCCC(C(=O)O)C2)c1.Cl. The maximum Gasteiger partial charge on any atom is 0.307 e. The van der Waals surface area contributed by atoms with Crippen molar-refractivity contribution in [1.82, 2.24) is 9.80 Å². The number of likely N-dealkylation sites (tertiary alicyclic amines) is 1. The van der Waals surface area contributed by atoms with Crippen LogP contribution in [0.4, 0.5) is 5.69 Å². The van der Waals surface area contributed by atoms with Crippen LogP contribution in [0.25, 0.3) is 0 Å². The van der Waals surface area contributed by atoms with Gasteiger partial charge in [0.25, 0.3) is 5.91 Å². The molecule has 1 saturated heterocycles. The van der Waals surface area contributed by atoms with E-state index in [1.165, 1.54) is 0 Å². The minimum atomic E-state index is -0.810. The highest BCUT2D eigenvalue weighted by Gasteiger charge is 2.30. The van der Waals surface area contributed by atoms with Crippen LogP contribution in [0.3, 0.4) is 0 Å². The summed E-state index contributed by atoms with van der Waals surface area (Å²) in [5, 5.41) is 12.1. The molecule has 1 aliphatic rings. The number of halogens is 1.